The molecule has 7 nitrogen and oxygen atoms in total. The highest BCUT2D eigenvalue weighted by Crippen LogP contribution is 2.51. The third-order valence-corrected chi connectivity index (χ3v) is 7.61. The molecule has 2 fully saturated rings. The largest absolute Gasteiger partial charge is 0.496 e. The number of ether oxygens (including phenoxy) is 2. The van der Waals surface area contributed by atoms with Gasteiger partial charge in [-0.2, -0.15) is 0 Å². The Morgan fingerprint density at radius 2 is 1.62 bits per heavy atom. The standard InChI is InChI=1S/C30H30N2O5/c1-4-32-27(33)24-25(28(32)34)30(29(35)37-3,18-19-11-7-5-8-12-19)31-26(24)21-15-16-22(23(17-21)36-2)20-13-9-6-10-14-20/h5-17,24-26,31H,4,18H2,1-3H3/t24?,25?,26?,30-/m1/s1. The Bertz CT molecular complexity index is 1330. The summed E-state index contributed by atoms with van der Waals surface area (Å²) in [6.45, 7) is 2.02. The van der Waals surface area contributed by atoms with Crippen molar-refractivity contribution >= 4 is 17.8 Å². The van der Waals surface area contributed by atoms with E-state index in [1.807, 2.05) is 78.9 Å². The molecule has 0 saturated carbocycles. The topological polar surface area (TPSA) is 84.9 Å². The van der Waals surface area contributed by atoms with Gasteiger partial charge in [0, 0.05) is 24.6 Å². The van der Waals surface area contributed by atoms with Gasteiger partial charge in [-0.05, 0) is 29.7 Å². The molecule has 37 heavy (non-hydrogen) atoms. The second kappa shape index (κ2) is 9.82. The average molecular weight is 499 g/mol. The molecule has 1 N–H and O–H groups in total. The number of imide groups is 1. The minimum Gasteiger partial charge on any atom is -0.496 e. The molecule has 0 radical (unpaired) electrons. The number of benzene rings is 3. The molecule has 2 aliphatic heterocycles. The summed E-state index contributed by atoms with van der Waals surface area (Å²) in [6, 6.07) is 24.5. The van der Waals surface area contributed by atoms with Crippen LogP contribution in [0.5, 0.6) is 5.75 Å². The third-order valence-electron chi connectivity index (χ3n) is 7.61. The fraction of sp³-hybridized carbons (Fsp3) is 0.300. The molecule has 4 atom stereocenters. The van der Waals surface area contributed by atoms with Crippen molar-refractivity contribution in [1.82, 2.24) is 10.2 Å². The monoisotopic (exact) mass is 498 g/mol. The van der Waals surface area contributed by atoms with Crippen molar-refractivity contribution in [3.8, 4) is 16.9 Å². The van der Waals surface area contributed by atoms with Gasteiger partial charge in [0.25, 0.3) is 0 Å². The Balaban J connectivity index is 1.63. The normalized spacial score (nSPS) is 24.7. The number of esters is 1. The highest BCUT2D eigenvalue weighted by Gasteiger charge is 2.68. The molecular formula is C30H30N2O5. The van der Waals surface area contributed by atoms with E-state index in [1.165, 1.54) is 12.0 Å². The lowest BCUT2D eigenvalue weighted by Crippen LogP contribution is -2.57. The maximum absolute atomic E-state index is 13.6. The number of nitrogens with zero attached hydrogens (tertiary/aromatic N) is 1. The summed E-state index contributed by atoms with van der Waals surface area (Å²) < 4.78 is 11.0. The van der Waals surface area contributed by atoms with E-state index in [9.17, 15) is 14.4 Å². The first-order chi connectivity index (χ1) is 17.9. The number of nitrogens with one attached hydrogen (secondary N) is 1. The van der Waals surface area contributed by atoms with Crippen molar-refractivity contribution in [1.29, 1.82) is 0 Å². The molecular weight excluding hydrogens is 468 g/mol. The van der Waals surface area contributed by atoms with Crippen LogP contribution < -0.4 is 10.1 Å². The van der Waals surface area contributed by atoms with Crippen molar-refractivity contribution in [2.75, 3.05) is 20.8 Å². The molecule has 0 aliphatic carbocycles. The molecule has 2 amide bonds. The maximum Gasteiger partial charge on any atom is 0.327 e. The molecule has 2 heterocycles. The van der Waals surface area contributed by atoms with E-state index in [-0.39, 0.29) is 24.8 Å². The molecule has 7 heteroatoms. The Morgan fingerprint density at radius 1 is 0.946 bits per heavy atom. The predicted octanol–water partition coefficient (Wildman–Crippen LogP) is 3.78. The molecule has 5 rings (SSSR count). The van der Waals surface area contributed by atoms with Gasteiger partial charge in [0.2, 0.25) is 11.8 Å². The van der Waals surface area contributed by atoms with E-state index < -0.39 is 29.4 Å². The van der Waals surface area contributed by atoms with E-state index in [2.05, 4.69) is 5.32 Å². The molecule has 190 valence electrons. The molecule has 2 saturated heterocycles. The van der Waals surface area contributed by atoms with Gasteiger partial charge in [0.1, 0.15) is 11.3 Å². The maximum atomic E-state index is 13.6. The van der Waals surface area contributed by atoms with Crippen molar-refractivity contribution < 1.29 is 23.9 Å². The first kappa shape index (κ1) is 24.7. The highest BCUT2D eigenvalue weighted by molar-refractivity contribution is 6.09. The van der Waals surface area contributed by atoms with E-state index >= 15 is 0 Å². The predicted molar refractivity (Wildman–Crippen MR) is 139 cm³/mol. The zero-order chi connectivity index (χ0) is 26.2. The lowest BCUT2D eigenvalue weighted by atomic mass is 9.76. The van der Waals surface area contributed by atoms with E-state index in [0.717, 1.165) is 22.3 Å². The summed E-state index contributed by atoms with van der Waals surface area (Å²) >= 11 is 0. The first-order valence-electron chi connectivity index (χ1n) is 12.4. The number of methoxy groups -OCH3 is 2. The van der Waals surface area contributed by atoms with Gasteiger partial charge in [0.05, 0.1) is 26.1 Å². The van der Waals surface area contributed by atoms with Crippen molar-refractivity contribution in [2.45, 2.75) is 24.9 Å². The smallest absolute Gasteiger partial charge is 0.327 e. The molecule has 3 unspecified atom stereocenters. The van der Waals surface area contributed by atoms with Crippen LogP contribution in [-0.4, -0.2) is 49.0 Å². The summed E-state index contributed by atoms with van der Waals surface area (Å²) in [7, 11) is 2.92. The van der Waals surface area contributed by atoms with Gasteiger partial charge in [0.15, 0.2) is 0 Å². The summed E-state index contributed by atoms with van der Waals surface area (Å²) in [5, 5.41) is 3.44. The molecule has 0 spiro atoms. The number of fused-ring (bicyclic) bond motifs is 1. The lowest BCUT2D eigenvalue weighted by Gasteiger charge is -2.32. The van der Waals surface area contributed by atoms with Crippen molar-refractivity contribution in [3.05, 3.63) is 90.0 Å². The number of hydrogen-bond acceptors (Lipinski definition) is 6. The van der Waals surface area contributed by atoms with Crippen LogP contribution in [0.3, 0.4) is 0 Å². The van der Waals surface area contributed by atoms with Gasteiger partial charge in [-0.3, -0.25) is 24.6 Å². The average Bonchev–Trinajstić information content (AvgIpc) is 3.41. The van der Waals surface area contributed by atoms with Gasteiger partial charge in [-0.1, -0.05) is 72.8 Å². The molecule has 0 bridgehead atoms. The van der Waals surface area contributed by atoms with E-state index in [0.29, 0.717) is 5.75 Å². The number of amides is 2. The van der Waals surface area contributed by atoms with Gasteiger partial charge in [-0.15, -0.1) is 0 Å². The number of likely N-dealkylation sites (tertiary alicyclic amines) is 1. The number of rotatable bonds is 7. The van der Waals surface area contributed by atoms with Crippen LogP contribution in [0.4, 0.5) is 0 Å². The lowest BCUT2D eigenvalue weighted by molar-refractivity contribution is -0.154. The summed E-state index contributed by atoms with van der Waals surface area (Å²) in [5.74, 6) is -2.17. The highest BCUT2D eigenvalue weighted by atomic mass is 16.5. The van der Waals surface area contributed by atoms with Crippen LogP contribution in [0.2, 0.25) is 0 Å². The van der Waals surface area contributed by atoms with Gasteiger partial charge < -0.3 is 9.47 Å². The Labute approximate surface area is 216 Å². The van der Waals surface area contributed by atoms with Crippen LogP contribution in [0.1, 0.15) is 24.1 Å². The Hall–Kier alpha value is -3.97. The van der Waals surface area contributed by atoms with Crippen molar-refractivity contribution in [3.63, 3.8) is 0 Å². The second-order valence-corrected chi connectivity index (χ2v) is 9.50. The number of carbonyl (C=O) groups is 3. The van der Waals surface area contributed by atoms with Crippen LogP contribution >= 0.6 is 0 Å². The SMILES string of the molecule is CCN1C(=O)C2C(c3ccc(-c4ccccc4)c(OC)c3)N[C@@](Cc3ccccc3)(C(=O)OC)C2C1=O. The van der Waals surface area contributed by atoms with Crippen LogP contribution in [0.15, 0.2) is 78.9 Å². The molecule has 0 aromatic heterocycles. The fourth-order valence-electron chi connectivity index (χ4n) is 5.94. The molecule has 2 aliphatic rings. The third kappa shape index (κ3) is 4.00. The zero-order valence-corrected chi connectivity index (χ0v) is 21.1. The Morgan fingerprint density at radius 3 is 2.24 bits per heavy atom. The minimum absolute atomic E-state index is 0.216. The minimum atomic E-state index is -1.40. The number of hydrogen-bond donors (Lipinski definition) is 1. The summed E-state index contributed by atoms with van der Waals surface area (Å²) in [6.07, 6.45) is 0.216. The first-order valence-corrected chi connectivity index (χ1v) is 12.4. The second-order valence-electron chi connectivity index (χ2n) is 9.50. The van der Waals surface area contributed by atoms with Crippen LogP contribution in [0, 0.1) is 11.8 Å². The van der Waals surface area contributed by atoms with Crippen LogP contribution in [0.25, 0.3) is 11.1 Å². The molecule has 3 aromatic carbocycles. The number of carbonyl (C=O) groups excluding carboxylic acids is 3. The van der Waals surface area contributed by atoms with E-state index in [4.69, 9.17) is 9.47 Å². The fourth-order valence-corrected chi connectivity index (χ4v) is 5.94. The van der Waals surface area contributed by atoms with Gasteiger partial charge in [-0.25, -0.2) is 0 Å². The van der Waals surface area contributed by atoms with Crippen LogP contribution in [-0.2, 0) is 25.5 Å². The quantitative estimate of drug-likeness (QED) is 0.394. The van der Waals surface area contributed by atoms with Crippen molar-refractivity contribution in [2.24, 2.45) is 11.8 Å². The zero-order valence-electron chi connectivity index (χ0n) is 21.1. The molecule has 3 aromatic rings. The van der Waals surface area contributed by atoms with E-state index in [1.54, 1.807) is 14.0 Å². The summed E-state index contributed by atoms with van der Waals surface area (Å²) in [4.78, 5) is 42.0. The summed E-state index contributed by atoms with van der Waals surface area (Å²) in [5.41, 5.74) is 2.15. The van der Waals surface area contributed by atoms with Gasteiger partial charge >= 0.3 is 5.97 Å². The Kier molecular flexibility index (Phi) is 6.56.